The highest BCUT2D eigenvalue weighted by molar-refractivity contribution is 5.91. The molecule has 0 aliphatic carbocycles. The summed E-state index contributed by atoms with van der Waals surface area (Å²) in [6.07, 6.45) is 6.39. The number of unbranched alkanes of at least 4 members (excludes halogenated alkanes) is 8. The van der Waals surface area contributed by atoms with Crippen molar-refractivity contribution in [2.75, 3.05) is 19.8 Å². The van der Waals surface area contributed by atoms with Gasteiger partial charge in [0.2, 0.25) is 0 Å². The molecule has 252 valence electrons. The molecule has 4 rings (SSSR count). The number of rotatable bonds is 19. The molecule has 0 amide bonds. The summed E-state index contributed by atoms with van der Waals surface area (Å²) in [6.45, 7) is 2.70. The van der Waals surface area contributed by atoms with Gasteiger partial charge in [-0.1, -0.05) is 63.5 Å². The van der Waals surface area contributed by atoms with Gasteiger partial charge >= 0.3 is 5.97 Å². The molecule has 1 aliphatic rings. The van der Waals surface area contributed by atoms with Gasteiger partial charge in [0.1, 0.15) is 41.6 Å². The van der Waals surface area contributed by atoms with Crippen molar-refractivity contribution in [3.05, 3.63) is 60.3 Å². The number of hydrogen-bond acceptors (Lipinski definition) is 11. The molecule has 1 aliphatic heterocycles. The van der Waals surface area contributed by atoms with Crippen molar-refractivity contribution in [1.29, 1.82) is 0 Å². The summed E-state index contributed by atoms with van der Waals surface area (Å²) in [5.41, 5.74) is 1.77. The first-order chi connectivity index (χ1) is 22.4. The number of esters is 1. The zero-order chi connectivity index (χ0) is 32.7. The third kappa shape index (κ3) is 10.6. The third-order valence-electron chi connectivity index (χ3n) is 7.96. The van der Waals surface area contributed by atoms with Crippen LogP contribution in [0.1, 0.15) is 75.1 Å². The molecular formula is C34H47N3O9. The molecule has 46 heavy (non-hydrogen) atoms. The van der Waals surface area contributed by atoms with Gasteiger partial charge in [-0.05, 0) is 55.0 Å². The summed E-state index contributed by atoms with van der Waals surface area (Å²) in [7, 11) is 0. The van der Waals surface area contributed by atoms with Crippen LogP contribution in [0.2, 0.25) is 0 Å². The number of benzene rings is 2. The molecule has 2 heterocycles. The van der Waals surface area contributed by atoms with Gasteiger partial charge in [0.05, 0.1) is 38.1 Å². The highest BCUT2D eigenvalue weighted by Gasteiger charge is 2.43. The molecule has 12 nitrogen and oxygen atoms in total. The Morgan fingerprint density at radius 2 is 1.48 bits per heavy atom. The maximum atomic E-state index is 12.7. The van der Waals surface area contributed by atoms with Gasteiger partial charge in [0.15, 0.2) is 6.29 Å². The van der Waals surface area contributed by atoms with Crippen molar-refractivity contribution in [1.82, 2.24) is 15.0 Å². The SMILES string of the molecule is CCCCCCCCCCCOc1ccc(C(=O)Oc2ccc(-c3cn(CCO[C@@H]4O[C@H](CO)[C@H](O)[C@H](O)[C@H]4O)nn3)cc2)cc1. The van der Waals surface area contributed by atoms with E-state index >= 15 is 0 Å². The topological polar surface area (TPSA) is 166 Å². The molecule has 5 atom stereocenters. The molecule has 0 spiro atoms. The summed E-state index contributed by atoms with van der Waals surface area (Å²) in [5, 5.41) is 47.4. The Hall–Kier alpha value is -3.39. The summed E-state index contributed by atoms with van der Waals surface area (Å²) < 4.78 is 23.7. The van der Waals surface area contributed by atoms with E-state index in [1.165, 1.54) is 56.0 Å². The number of aliphatic hydroxyl groups excluding tert-OH is 4. The van der Waals surface area contributed by atoms with Crippen molar-refractivity contribution in [3.63, 3.8) is 0 Å². The first-order valence-corrected chi connectivity index (χ1v) is 16.3. The Morgan fingerprint density at radius 1 is 0.826 bits per heavy atom. The Balaban J connectivity index is 1.15. The number of aliphatic hydroxyl groups is 4. The second-order valence-corrected chi connectivity index (χ2v) is 11.6. The van der Waals surface area contributed by atoms with Crippen LogP contribution in [0.15, 0.2) is 54.7 Å². The van der Waals surface area contributed by atoms with E-state index in [1.807, 2.05) is 0 Å². The van der Waals surface area contributed by atoms with Crippen LogP contribution in [0.3, 0.4) is 0 Å². The quantitative estimate of drug-likeness (QED) is 0.0852. The van der Waals surface area contributed by atoms with Crippen LogP contribution in [0, 0.1) is 0 Å². The summed E-state index contributed by atoms with van der Waals surface area (Å²) in [6, 6.07) is 13.9. The number of aromatic nitrogens is 3. The Morgan fingerprint density at radius 3 is 2.15 bits per heavy atom. The van der Waals surface area contributed by atoms with Crippen LogP contribution >= 0.6 is 0 Å². The average molecular weight is 642 g/mol. The van der Waals surface area contributed by atoms with Gasteiger partial charge in [-0.3, -0.25) is 0 Å². The van der Waals surface area contributed by atoms with Crippen LogP contribution in [-0.4, -0.2) is 91.9 Å². The molecule has 0 unspecified atom stereocenters. The molecule has 1 aromatic heterocycles. The van der Waals surface area contributed by atoms with Crippen molar-refractivity contribution in [2.24, 2.45) is 0 Å². The molecule has 1 fully saturated rings. The van der Waals surface area contributed by atoms with E-state index in [0.717, 1.165) is 17.7 Å². The fourth-order valence-corrected chi connectivity index (χ4v) is 5.16. The first-order valence-electron chi connectivity index (χ1n) is 16.3. The van der Waals surface area contributed by atoms with Crippen LogP contribution in [0.5, 0.6) is 11.5 Å². The smallest absolute Gasteiger partial charge is 0.343 e. The van der Waals surface area contributed by atoms with Crippen molar-refractivity contribution in [2.45, 2.75) is 102 Å². The average Bonchev–Trinajstić information content (AvgIpc) is 3.55. The van der Waals surface area contributed by atoms with Gasteiger partial charge in [-0.2, -0.15) is 0 Å². The van der Waals surface area contributed by atoms with E-state index in [0.29, 0.717) is 23.6 Å². The lowest BCUT2D eigenvalue weighted by molar-refractivity contribution is -0.301. The van der Waals surface area contributed by atoms with Gasteiger partial charge in [0.25, 0.3) is 0 Å². The summed E-state index contributed by atoms with van der Waals surface area (Å²) in [4.78, 5) is 12.7. The number of hydrogen-bond donors (Lipinski definition) is 4. The highest BCUT2D eigenvalue weighted by atomic mass is 16.7. The van der Waals surface area contributed by atoms with E-state index in [9.17, 15) is 25.2 Å². The lowest BCUT2D eigenvalue weighted by atomic mass is 9.99. The monoisotopic (exact) mass is 641 g/mol. The van der Waals surface area contributed by atoms with E-state index < -0.39 is 43.3 Å². The Bertz CT molecular complexity index is 1300. The third-order valence-corrected chi connectivity index (χ3v) is 7.96. The number of carbonyl (C=O) groups excluding carboxylic acids is 1. The standard InChI is InChI=1S/C34H47N3O9/c1-2-3-4-5-6-7-8-9-10-20-43-26-15-13-25(14-16-26)33(42)45-27-17-11-24(12-18-27)28-22-37(36-35-28)19-21-44-34-32(41)31(40)30(39)29(23-38)46-34/h11-18,22,29-32,34,38-41H,2-10,19-21,23H2,1H3/t29-,30+,31+,32-,34-/m1/s1. The summed E-state index contributed by atoms with van der Waals surface area (Å²) in [5.74, 6) is 0.650. The first kappa shape index (κ1) is 35.5. The minimum absolute atomic E-state index is 0.0623. The minimum Gasteiger partial charge on any atom is -0.494 e. The molecular weight excluding hydrogens is 594 g/mol. The van der Waals surface area contributed by atoms with E-state index in [-0.39, 0.29) is 13.2 Å². The Labute approximate surface area is 269 Å². The molecule has 0 radical (unpaired) electrons. The zero-order valence-electron chi connectivity index (χ0n) is 26.4. The number of nitrogens with zero attached hydrogens (tertiary/aromatic N) is 3. The second-order valence-electron chi connectivity index (χ2n) is 11.6. The van der Waals surface area contributed by atoms with Gasteiger partial charge < -0.3 is 39.4 Å². The van der Waals surface area contributed by atoms with Crippen molar-refractivity contribution in [3.8, 4) is 22.8 Å². The fraction of sp³-hybridized carbons (Fsp3) is 0.559. The maximum Gasteiger partial charge on any atom is 0.343 e. The Kier molecular flexibility index (Phi) is 14.4. The van der Waals surface area contributed by atoms with E-state index in [4.69, 9.17) is 18.9 Å². The lowest BCUT2D eigenvalue weighted by Gasteiger charge is -2.39. The molecule has 3 aromatic rings. The predicted octanol–water partition coefficient (Wildman–Crippen LogP) is 3.89. The predicted molar refractivity (Wildman–Crippen MR) is 169 cm³/mol. The van der Waals surface area contributed by atoms with Crippen molar-refractivity contribution >= 4 is 5.97 Å². The number of ether oxygens (including phenoxy) is 4. The molecule has 4 N–H and O–H groups in total. The summed E-state index contributed by atoms with van der Waals surface area (Å²) >= 11 is 0. The van der Waals surface area contributed by atoms with E-state index in [1.54, 1.807) is 54.7 Å². The van der Waals surface area contributed by atoms with Gasteiger partial charge in [0, 0.05) is 5.56 Å². The van der Waals surface area contributed by atoms with Crippen LogP contribution in [0.25, 0.3) is 11.3 Å². The molecule has 0 bridgehead atoms. The lowest BCUT2D eigenvalue weighted by Crippen LogP contribution is -2.59. The molecule has 1 saturated heterocycles. The second kappa shape index (κ2) is 18.7. The largest absolute Gasteiger partial charge is 0.494 e. The number of carbonyl (C=O) groups is 1. The van der Waals surface area contributed by atoms with Gasteiger partial charge in [-0.25, -0.2) is 9.48 Å². The van der Waals surface area contributed by atoms with Crippen LogP contribution < -0.4 is 9.47 Å². The van der Waals surface area contributed by atoms with E-state index in [2.05, 4.69) is 17.2 Å². The molecule has 0 saturated carbocycles. The van der Waals surface area contributed by atoms with Crippen molar-refractivity contribution < 1.29 is 44.2 Å². The van der Waals surface area contributed by atoms with Crippen LogP contribution in [0.4, 0.5) is 0 Å². The molecule has 2 aromatic carbocycles. The molecule has 12 heteroatoms. The fourth-order valence-electron chi connectivity index (χ4n) is 5.16. The maximum absolute atomic E-state index is 12.7. The van der Waals surface area contributed by atoms with Crippen LogP contribution in [-0.2, 0) is 16.0 Å². The zero-order valence-corrected chi connectivity index (χ0v) is 26.4. The normalized spacial score (nSPS) is 21.3. The highest BCUT2D eigenvalue weighted by Crippen LogP contribution is 2.23. The van der Waals surface area contributed by atoms with Gasteiger partial charge in [-0.15, -0.1) is 5.10 Å². The minimum atomic E-state index is -1.50.